The van der Waals surface area contributed by atoms with E-state index in [1.165, 1.54) is 18.2 Å². The number of hydrogen-bond acceptors (Lipinski definition) is 4. The van der Waals surface area contributed by atoms with Crippen LogP contribution in [0.3, 0.4) is 0 Å². The molecular weight excluding hydrogens is 292 g/mol. The molecule has 21 heavy (non-hydrogen) atoms. The van der Waals surface area contributed by atoms with Crippen molar-refractivity contribution in [3.05, 3.63) is 51.3 Å². The number of rotatable bonds is 6. The zero-order valence-corrected chi connectivity index (χ0v) is 12.7. The summed E-state index contributed by atoms with van der Waals surface area (Å²) in [6.45, 7) is 5.82. The lowest BCUT2D eigenvalue weighted by Crippen LogP contribution is -2.19. The number of benzene rings is 1. The van der Waals surface area contributed by atoms with E-state index in [1.807, 2.05) is 6.07 Å². The molecule has 0 bridgehead atoms. The van der Waals surface area contributed by atoms with E-state index in [0.29, 0.717) is 23.2 Å². The quantitative estimate of drug-likeness (QED) is 0.657. The molecule has 0 aliphatic heterocycles. The van der Waals surface area contributed by atoms with Crippen molar-refractivity contribution in [1.82, 2.24) is 15.1 Å². The lowest BCUT2D eigenvalue weighted by atomic mass is 10.2. The molecule has 1 heterocycles. The van der Waals surface area contributed by atoms with Gasteiger partial charge in [-0.25, -0.2) is 4.68 Å². The zero-order chi connectivity index (χ0) is 15.4. The number of hydrogen-bond donors (Lipinski definition) is 1. The summed E-state index contributed by atoms with van der Waals surface area (Å²) in [4.78, 5) is 10.4. The molecule has 7 heteroatoms. The molecule has 0 unspecified atom stereocenters. The van der Waals surface area contributed by atoms with Crippen molar-refractivity contribution >= 4 is 17.3 Å². The predicted octanol–water partition coefficient (Wildman–Crippen LogP) is 3.18. The second-order valence-corrected chi connectivity index (χ2v) is 5.58. The molecule has 112 valence electrons. The van der Waals surface area contributed by atoms with Gasteiger partial charge in [-0.2, -0.15) is 5.10 Å². The number of nitrogens with zero attached hydrogens (tertiary/aromatic N) is 3. The van der Waals surface area contributed by atoms with Crippen LogP contribution in [0.4, 0.5) is 5.69 Å². The van der Waals surface area contributed by atoms with Crippen LogP contribution >= 0.6 is 11.6 Å². The maximum absolute atomic E-state index is 10.8. The standard InChI is InChI=1S/C14H17ClN4O2/c1-10(2)8-16-9-11-5-6-18(17-11)14-7-12(19(20)21)3-4-13(14)15/h3-7,10,16H,8-9H2,1-2H3. The Hall–Kier alpha value is -1.92. The third-order valence-corrected chi connectivity index (χ3v) is 3.21. The summed E-state index contributed by atoms with van der Waals surface area (Å²) in [7, 11) is 0. The second-order valence-electron chi connectivity index (χ2n) is 5.17. The van der Waals surface area contributed by atoms with Crippen LogP contribution in [0.25, 0.3) is 5.69 Å². The van der Waals surface area contributed by atoms with Gasteiger partial charge in [0.05, 0.1) is 21.3 Å². The summed E-state index contributed by atoms with van der Waals surface area (Å²) in [6, 6.07) is 6.16. The highest BCUT2D eigenvalue weighted by Gasteiger charge is 2.12. The smallest absolute Gasteiger partial charge is 0.271 e. The van der Waals surface area contributed by atoms with Crippen molar-refractivity contribution in [1.29, 1.82) is 0 Å². The zero-order valence-electron chi connectivity index (χ0n) is 11.9. The van der Waals surface area contributed by atoms with E-state index in [4.69, 9.17) is 11.6 Å². The number of aromatic nitrogens is 2. The van der Waals surface area contributed by atoms with Gasteiger partial charge in [-0.1, -0.05) is 25.4 Å². The summed E-state index contributed by atoms with van der Waals surface area (Å²) in [5.74, 6) is 0.568. The largest absolute Gasteiger partial charge is 0.311 e. The molecule has 0 saturated carbocycles. The van der Waals surface area contributed by atoms with Crippen LogP contribution in [-0.2, 0) is 6.54 Å². The van der Waals surface area contributed by atoms with Crippen LogP contribution in [0, 0.1) is 16.0 Å². The van der Waals surface area contributed by atoms with Gasteiger partial charge in [-0.3, -0.25) is 10.1 Å². The highest BCUT2D eigenvalue weighted by atomic mass is 35.5. The topological polar surface area (TPSA) is 73.0 Å². The molecule has 6 nitrogen and oxygen atoms in total. The van der Waals surface area contributed by atoms with E-state index < -0.39 is 4.92 Å². The molecule has 2 rings (SSSR count). The van der Waals surface area contributed by atoms with Crippen molar-refractivity contribution in [2.24, 2.45) is 5.92 Å². The molecule has 0 aliphatic rings. The van der Waals surface area contributed by atoms with Crippen molar-refractivity contribution in [2.45, 2.75) is 20.4 Å². The Balaban J connectivity index is 2.17. The van der Waals surface area contributed by atoms with Gasteiger partial charge in [0.25, 0.3) is 5.69 Å². The van der Waals surface area contributed by atoms with E-state index in [-0.39, 0.29) is 5.69 Å². The maximum Gasteiger partial charge on any atom is 0.271 e. The van der Waals surface area contributed by atoms with Gasteiger partial charge in [0.2, 0.25) is 0 Å². The lowest BCUT2D eigenvalue weighted by Gasteiger charge is -2.06. The third kappa shape index (κ3) is 4.03. The van der Waals surface area contributed by atoms with Crippen molar-refractivity contribution < 1.29 is 4.92 Å². The summed E-state index contributed by atoms with van der Waals surface area (Å²) >= 11 is 6.09. The average molecular weight is 309 g/mol. The minimum absolute atomic E-state index is 0.00983. The highest BCUT2D eigenvalue weighted by molar-refractivity contribution is 6.32. The van der Waals surface area contributed by atoms with Gasteiger partial charge in [-0.15, -0.1) is 0 Å². The summed E-state index contributed by atoms with van der Waals surface area (Å²) in [5, 5.41) is 18.9. The van der Waals surface area contributed by atoms with Gasteiger partial charge in [-0.05, 0) is 24.6 Å². The van der Waals surface area contributed by atoms with Crippen LogP contribution in [-0.4, -0.2) is 21.2 Å². The fourth-order valence-corrected chi connectivity index (χ4v) is 2.07. The molecule has 0 amide bonds. The third-order valence-electron chi connectivity index (χ3n) is 2.89. The average Bonchev–Trinajstić information content (AvgIpc) is 2.87. The number of nitro groups is 1. The molecule has 0 fully saturated rings. The van der Waals surface area contributed by atoms with E-state index in [0.717, 1.165) is 12.2 Å². The number of nitro benzene ring substituents is 1. The minimum Gasteiger partial charge on any atom is -0.311 e. The summed E-state index contributed by atoms with van der Waals surface area (Å²) in [5.41, 5.74) is 1.35. The van der Waals surface area contributed by atoms with Crippen molar-refractivity contribution in [3.8, 4) is 5.69 Å². The Morgan fingerprint density at radius 1 is 1.43 bits per heavy atom. The number of nitrogens with one attached hydrogen (secondary N) is 1. The maximum atomic E-state index is 10.8. The van der Waals surface area contributed by atoms with Gasteiger partial charge >= 0.3 is 0 Å². The van der Waals surface area contributed by atoms with E-state index >= 15 is 0 Å². The Kier molecular flexibility index (Phi) is 4.93. The van der Waals surface area contributed by atoms with Gasteiger partial charge in [0.15, 0.2) is 0 Å². The lowest BCUT2D eigenvalue weighted by molar-refractivity contribution is -0.384. The summed E-state index contributed by atoms with van der Waals surface area (Å²) < 4.78 is 1.56. The number of non-ortho nitro benzene ring substituents is 1. The Morgan fingerprint density at radius 3 is 2.86 bits per heavy atom. The first-order valence-corrected chi connectivity index (χ1v) is 7.04. The monoisotopic (exact) mass is 308 g/mol. The Labute approximate surface area is 127 Å². The molecule has 0 spiro atoms. The molecule has 1 N–H and O–H groups in total. The fourth-order valence-electron chi connectivity index (χ4n) is 1.87. The van der Waals surface area contributed by atoms with Gasteiger partial charge in [0, 0.05) is 24.9 Å². The van der Waals surface area contributed by atoms with E-state index in [9.17, 15) is 10.1 Å². The molecule has 2 aromatic rings. The van der Waals surface area contributed by atoms with Crippen LogP contribution in [0.2, 0.25) is 5.02 Å². The molecular formula is C14H17ClN4O2. The SMILES string of the molecule is CC(C)CNCc1ccn(-c2cc([N+](=O)[O-])ccc2Cl)n1. The fraction of sp³-hybridized carbons (Fsp3) is 0.357. The second kappa shape index (κ2) is 6.69. The van der Waals surface area contributed by atoms with Gasteiger partial charge < -0.3 is 5.32 Å². The Bertz CT molecular complexity index is 640. The van der Waals surface area contributed by atoms with Crippen LogP contribution < -0.4 is 5.32 Å². The first-order chi connectivity index (χ1) is 9.97. The highest BCUT2D eigenvalue weighted by Crippen LogP contribution is 2.25. The van der Waals surface area contributed by atoms with Gasteiger partial charge in [0.1, 0.15) is 0 Å². The minimum atomic E-state index is -0.450. The molecule has 0 aliphatic carbocycles. The van der Waals surface area contributed by atoms with E-state index in [1.54, 1.807) is 10.9 Å². The first-order valence-electron chi connectivity index (χ1n) is 6.67. The van der Waals surface area contributed by atoms with Crippen LogP contribution in [0.5, 0.6) is 0 Å². The molecule has 1 aromatic heterocycles. The summed E-state index contributed by atoms with van der Waals surface area (Å²) in [6.07, 6.45) is 1.75. The van der Waals surface area contributed by atoms with E-state index in [2.05, 4.69) is 24.3 Å². The normalized spacial score (nSPS) is 11.0. The molecule has 0 saturated heterocycles. The molecule has 0 radical (unpaired) electrons. The molecule has 1 aromatic carbocycles. The van der Waals surface area contributed by atoms with Crippen molar-refractivity contribution in [2.75, 3.05) is 6.54 Å². The van der Waals surface area contributed by atoms with Crippen molar-refractivity contribution in [3.63, 3.8) is 0 Å². The van der Waals surface area contributed by atoms with Crippen LogP contribution in [0.1, 0.15) is 19.5 Å². The predicted molar refractivity (Wildman–Crippen MR) is 81.8 cm³/mol. The molecule has 0 atom stereocenters. The number of halogens is 1. The Morgan fingerprint density at radius 2 is 2.19 bits per heavy atom. The first kappa shape index (κ1) is 15.5. The van der Waals surface area contributed by atoms with Crippen LogP contribution in [0.15, 0.2) is 30.5 Å².